The van der Waals surface area contributed by atoms with Crippen LogP contribution in [-0.4, -0.2) is 23.3 Å². The number of phenolic OH excluding ortho intramolecular Hbond substituents is 1. The van der Waals surface area contributed by atoms with Gasteiger partial charge in [-0.2, -0.15) is 0 Å². The van der Waals surface area contributed by atoms with E-state index in [1.165, 1.54) is 37.1 Å². The molecule has 8 heteroatoms. The number of benzene rings is 2. The van der Waals surface area contributed by atoms with Gasteiger partial charge in [-0.25, -0.2) is 0 Å². The number of phenols is 1. The third-order valence-electron chi connectivity index (χ3n) is 4.42. The van der Waals surface area contributed by atoms with Crippen molar-refractivity contribution in [2.75, 3.05) is 7.11 Å². The lowest BCUT2D eigenvalue weighted by molar-refractivity contribution is -0.140. The average Bonchev–Trinajstić information content (AvgIpc) is 2.74. The van der Waals surface area contributed by atoms with Gasteiger partial charge in [0.15, 0.2) is 5.76 Å². The molecule has 0 fully saturated rings. The van der Waals surface area contributed by atoms with E-state index in [-0.39, 0.29) is 17.9 Å². The highest BCUT2D eigenvalue weighted by Gasteiger charge is 2.26. The molecule has 0 amide bonds. The number of methoxy groups -OCH3 is 1. The minimum Gasteiger partial charge on any atom is -0.508 e. The highest BCUT2D eigenvalue weighted by molar-refractivity contribution is 7.98. The van der Waals surface area contributed by atoms with E-state index < -0.39 is 23.1 Å². The Labute approximate surface area is 182 Å². The summed E-state index contributed by atoms with van der Waals surface area (Å²) in [6.45, 7) is 0. The lowest BCUT2D eigenvalue weighted by Crippen LogP contribution is -2.14. The maximum atomic E-state index is 12.4. The van der Waals surface area contributed by atoms with Crippen LogP contribution in [-0.2, 0) is 15.3 Å². The second-order valence-corrected chi connectivity index (χ2v) is 7.86. The summed E-state index contributed by atoms with van der Waals surface area (Å²) in [5, 5.41) is 20.5. The van der Waals surface area contributed by atoms with Gasteiger partial charge in [-0.1, -0.05) is 35.9 Å². The van der Waals surface area contributed by atoms with Crippen LogP contribution in [0.15, 0.2) is 68.7 Å². The van der Waals surface area contributed by atoms with Crippen molar-refractivity contribution in [2.45, 2.75) is 23.0 Å². The molecule has 3 aromatic rings. The van der Waals surface area contributed by atoms with E-state index in [4.69, 9.17) is 20.8 Å². The number of ether oxygens (including phenoxy) is 1. The van der Waals surface area contributed by atoms with E-state index >= 15 is 0 Å². The topological polar surface area (TPSA) is 97.0 Å². The molecule has 0 radical (unpaired) electrons. The Hall–Kier alpha value is -2.90. The molecule has 1 aromatic heterocycles. The summed E-state index contributed by atoms with van der Waals surface area (Å²) in [7, 11) is 1.25. The Morgan fingerprint density at radius 1 is 1.17 bits per heavy atom. The summed E-state index contributed by atoms with van der Waals surface area (Å²) in [5.74, 6) is -1.23. The molecule has 1 unspecified atom stereocenters. The molecule has 30 heavy (non-hydrogen) atoms. The lowest BCUT2D eigenvalue weighted by atomic mass is 9.92. The predicted molar refractivity (Wildman–Crippen MR) is 114 cm³/mol. The van der Waals surface area contributed by atoms with Gasteiger partial charge >= 0.3 is 5.97 Å². The van der Waals surface area contributed by atoms with Gasteiger partial charge < -0.3 is 19.4 Å². The Morgan fingerprint density at radius 3 is 2.53 bits per heavy atom. The molecule has 0 aliphatic rings. The zero-order chi connectivity index (χ0) is 21.7. The van der Waals surface area contributed by atoms with Gasteiger partial charge in [-0.05, 0) is 29.8 Å². The molecule has 2 aromatic carbocycles. The number of esters is 1. The minimum atomic E-state index is -0.768. The van der Waals surface area contributed by atoms with Crippen LogP contribution in [0.4, 0.5) is 0 Å². The highest BCUT2D eigenvalue weighted by Crippen LogP contribution is 2.35. The number of aromatic hydroxyl groups is 2. The van der Waals surface area contributed by atoms with Crippen molar-refractivity contribution >= 4 is 29.3 Å². The van der Waals surface area contributed by atoms with Crippen LogP contribution in [0.1, 0.15) is 29.4 Å². The molecule has 6 nitrogen and oxygen atoms in total. The Morgan fingerprint density at radius 2 is 1.87 bits per heavy atom. The van der Waals surface area contributed by atoms with Gasteiger partial charge in [0.25, 0.3) is 0 Å². The van der Waals surface area contributed by atoms with Crippen molar-refractivity contribution < 1.29 is 24.2 Å². The normalized spacial score (nSPS) is 11.8. The van der Waals surface area contributed by atoms with Gasteiger partial charge in [-0.3, -0.25) is 9.59 Å². The molecule has 0 bridgehead atoms. The number of carbonyl (C=O) groups is 1. The molecule has 1 heterocycles. The Kier molecular flexibility index (Phi) is 7.07. The van der Waals surface area contributed by atoms with E-state index in [1.54, 1.807) is 18.2 Å². The van der Waals surface area contributed by atoms with E-state index in [9.17, 15) is 19.8 Å². The average molecular weight is 447 g/mol. The first kappa shape index (κ1) is 21.8. The second-order valence-electron chi connectivity index (χ2n) is 6.43. The fourth-order valence-corrected chi connectivity index (χ4v) is 4.01. The predicted octanol–water partition coefficient (Wildman–Crippen LogP) is 4.69. The van der Waals surface area contributed by atoms with Gasteiger partial charge in [0.05, 0.1) is 30.2 Å². The fourth-order valence-electron chi connectivity index (χ4n) is 2.89. The molecule has 0 saturated carbocycles. The summed E-state index contributed by atoms with van der Waals surface area (Å²) < 4.78 is 10.6. The second kappa shape index (κ2) is 9.73. The van der Waals surface area contributed by atoms with Crippen molar-refractivity contribution in [1.29, 1.82) is 0 Å². The third-order valence-corrected chi connectivity index (χ3v) is 5.95. The lowest BCUT2D eigenvalue weighted by Gasteiger charge is -2.17. The van der Waals surface area contributed by atoms with Crippen LogP contribution in [0.5, 0.6) is 11.5 Å². The molecule has 1 atom stereocenters. The Bertz CT molecular complexity index is 1090. The van der Waals surface area contributed by atoms with Crippen LogP contribution < -0.4 is 5.43 Å². The van der Waals surface area contributed by atoms with Gasteiger partial charge in [0, 0.05) is 11.0 Å². The standard InChI is InChI=1S/C22H19ClO6S/c1-28-20(26)11-16(13-6-8-14(24)9-7-13)22-21(27)18(25)10-15(29-22)12-30-19-5-3-2-4-17(19)23/h2-10,16,24,27H,11-12H2,1H3. The molecular weight excluding hydrogens is 428 g/mol. The zero-order valence-corrected chi connectivity index (χ0v) is 17.6. The molecule has 0 saturated heterocycles. The summed E-state index contributed by atoms with van der Waals surface area (Å²) in [6, 6.07) is 14.6. The molecule has 156 valence electrons. The van der Waals surface area contributed by atoms with E-state index in [2.05, 4.69) is 0 Å². The van der Waals surface area contributed by atoms with Gasteiger partial charge in [-0.15, -0.1) is 11.8 Å². The van der Waals surface area contributed by atoms with Crippen LogP contribution in [0.3, 0.4) is 0 Å². The maximum Gasteiger partial charge on any atom is 0.306 e. The molecule has 2 N–H and O–H groups in total. The van der Waals surface area contributed by atoms with E-state index in [0.717, 1.165) is 4.90 Å². The van der Waals surface area contributed by atoms with E-state index in [0.29, 0.717) is 22.1 Å². The summed E-state index contributed by atoms with van der Waals surface area (Å²) >= 11 is 7.55. The number of hydrogen-bond acceptors (Lipinski definition) is 7. The number of carbonyl (C=O) groups excluding carboxylic acids is 1. The van der Waals surface area contributed by atoms with Gasteiger partial charge in [0.1, 0.15) is 11.5 Å². The quantitative estimate of drug-likeness (QED) is 0.401. The molecule has 0 aliphatic carbocycles. The molecule has 0 aliphatic heterocycles. The SMILES string of the molecule is COC(=O)CC(c1ccc(O)cc1)c1oc(CSc2ccccc2Cl)cc(=O)c1O. The first-order valence-corrected chi connectivity index (χ1v) is 10.3. The van der Waals surface area contributed by atoms with Crippen LogP contribution >= 0.6 is 23.4 Å². The maximum absolute atomic E-state index is 12.4. The van der Waals surface area contributed by atoms with Crippen molar-refractivity contribution in [3.63, 3.8) is 0 Å². The van der Waals surface area contributed by atoms with E-state index in [1.807, 2.05) is 18.2 Å². The zero-order valence-electron chi connectivity index (χ0n) is 16.0. The minimum absolute atomic E-state index is 0.0339. The van der Waals surface area contributed by atoms with Crippen LogP contribution in [0, 0.1) is 0 Å². The molecular formula is C22H19ClO6S. The number of thioether (sulfide) groups is 1. The number of rotatable bonds is 7. The number of hydrogen-bond donors (Lipinski definition) is 2. The summed E-state index contributed by atoms with van der Waals surface area (Å²) in [5.41, 5.74) is -0.0350. The fraction of sp³-hybridized carbons (Fsp3) is 0.182. The monoisotopic (exact) mass is 446 g/mol. The van der Waals surface area contributed by atoms with Gasteiger partial charge in [0.2, 0.25) is 11.2 Å². The summed E-state index contributed by atoms with van der Waals surface area (Å²) in [6.07, 6.45) is -0.154. The first-order chi connectivity index (χ1) is 14.4. The first-order valence-electron chi connectivity index (χ1n) is 8.98. The highest BCUT2D eigenvalue weighted by atomic mass is 35.5. The van der Waals surface area contributed by atoms with Crippen LogP contribution in [0.2, 0.25) is 5.02 Å². The van der Waals surface area contributed by atoms with Crippen molar-refractivity contribution in [1.82, 2.24) is 0 Å². The smallest absolute Gasteiger partial charge is 0.306 e. The van der Waals surface area contributed by atoms with Crippen molar-refractivity contribution in [3.05, 3.63) is 86.9 Å². The largest absolute Gasteiger partial charge is 0.508 e. The van der Waals surface area contributed by atoms with Crippen molar-refractivity contribution in [2.24, 2.45) is 0 Å². The summed E-state index contributed by atoms with van der Waals surface area (Å²) in [4.78, 5) is 25.2. The number of halogens is 1. The van der Waals surface area contributed by atoms with Crippen molar-refractivity contribution in [3.8, 4) is 11.5 Å². The molecule has 0 spiro atoms. The Balaban J connectivity index is 1.98. The third kappa shape index (κ3) is 5.17. The molecule has 3 rings (SSSR count). The van der Waals surface area contributed by atoms with Crippen LogP contribution in [0.25, 0.3) is 0 Å².